The predicted molar refractivity (Wildman–Crippen MR) is 69.8 cm³/mol. The molecule has 4 nitrogen and oxygen atoms in total. The molecule has 0 radical (unpaired) electrons. The van der Waals surface area contributed by atoms with Crippen molar-refractivity contribution in [3.05, 3.63) is 42.2 Å². The maximum atomic E-state index is 5.39. The van der Waals surface area contributed by atoms with Crippen molar-refractivity contribution in [1.82, 2.24) is 9.97 Å². The molecule has 0 amide bonds. The van der Waals surface area contributed by atoms with E-state index >= 15 is 0 Å². The highest BCUT2D eigenvalue weighted by molar-refractivity contribution is 7.99. The van der Waals surface area contributed by atoms with Crippen LogP contribution in [-0.2, 0) is 6.42 Å². The number of aryl methyl sites for hydroxylation is 1. The summed E-state index contributed by atoms with van der Waals surface area (Å²) in [6.45, 7) is 2.02. The first-order valence-corrected chi connectivity index (χ1v) is 6.21. The van der Waals surface area contributed by atoms with Gasteiger partial charge in [-0.2, -0.15) is 0 Å². The number of nitrogens with one attached hydrogen (secondary N) is 1. The van der Waals surface area contributed by atoms with Crippen LogP contribution in [0.1, 0.15) is 12.7 Å². The second-order valence-electron chi connectivity index (χ2n) is 3.42. The summed E-state index contributed by atoms with van der Waals surface area (Å²) in [5, 5.41) is 0.899. The Bertz CT molecular complexity index is 465. The van der Waals surface area contributed by atoms with Crippen LogP contribution in [0.5, 0.6) is 0 Å². The average Bonchev–Trinajstić information content (AvgIpc) is 2.39. The molecule has 0 unspecified atom stereocenters. The van der Waals surface area contributed by atoms with Gasteiger partial charge < -0.3 is 5.43 Å². The van der Waals surface area contributed by atoms with Gasteiger partial charge in [-0.15, -0.1) is 0 Å². The molecule has 0 spiro atoms. The fourth-order valence-corrected chi connectivity index (χ4v) is 2.22. The van der Waals surface area contributed by atoms with Crippen molar-refractivity contribution in [2.24, 2.45) is 5.84 Å². The molecule has 5 heteroatoms. The Morgan fingerprint density at radius 2 is 2.00 bits per heavy atom. The monoisotopic (exact) mass is 246 g/mol. The lowest BCUT2D eigenvalue weighted by Gasteiger charge is -2.06. The van der Waals surface area contributed by atoms with E-state index in [4.69, 9.17) is 5.84 Å². The molecule has 0 aliphatic heterocycles. The van der Waals surface area contributed by atoms with Gasteiger partial charge >= 0.3 is 0 Å². The van der Waals surface area contributed by atoms with Crippen LogP contribution < -0.4 is 11.3 Å². The van der Waals surface area contributed by atoms with E-state index in [-0.39, 0.29) is 0 Å². The van der Waals surface area contributed by atoms with Crippen molar-refractivity contribution in [2.45, 2.75) is 23.3 Å². The normalized spacial score (nSPS) is 10.2. The fraction of sp³-hybridized carbons (Fsp3) is 0.167. The van der Waals surface area contributed by atoms with Gasteiger partial charge in [-0.05, 0) is 12.1 Å². The van der Waals surface area contributed by atoms with Crippen molar-refractivity contribution in [2.75, 3.05) is 5.43 Å². The van der Waals surface area contributed by atoms with Crippen LogP contribution in [0.25, 0.3) is 0 Å². The maximum absolute atomic E-state index is 5.39. The van der Waals surface area contributed by atoms with Crippen LogP contribution in [0.3, 0.4) is 0 Å². The fourth-order valence-electron chi connectivity index (χ4n) is 1.37. The highest BCUT2D eigenvalue weighted by Crippen LogP contribution is 2.26. The number of aromatic nitrogens is 2. The lowest BCUT2D eigenvalue weighted by atomic mass is 10.4. The van der Waals surface area contributed by atoms with Crippen LogP contribution in [0, 0.1) is 0 Å². The minimum atomic E-state index is 0.648. The number of nitrogens with zero attached hydrogens (tertiary/aromatic N) is 2. The van der Waals surface area contributed by atoms with E-state index in [2.05, 4.69) is 15.4 Å². The van der Waals surface area contributed by atoms with Crippen LogP contribution in [0.4, 0.5) is 5.82 Å². The van der Waals surface area contributed by atoms with Gasteiger partial charge in [0.25, 0.3) is 0 Å². The first kappa shape index (κ1) is 11.9. The van der Waals surface area contributed by atoms with E-state index in [0.717, 1.165) is 22.2 Å². The first-order chi connectivity index (χ1) is 8.31. The van der Waals surface area contributed by atoms with Crippen molar-refractivity contribution in [3.63, 3.8) is 0 Å². The summed E-state index contributed by atoms with van der Waals surface area (Å²) < 4.78 is 0. The predicted octanol–water partition coefficient (Wildman–Crippen LogP) is 2.48. The molecular formula is C12H14N4S. The summed E-state index contributed by atoms with van der Waals surface area (Å²) in [6, 6.07) is 12.0. The summed E-state index contributed by atoms with van der Waals surface area (Å²) in [4.78, 5) is 9.85. The van der Waals surface area contributed by atoms with Crippen molar-refractivity contribution in [3.8, 4) is 0 Å². The number of hydrogen-bond donors (Lipinski definition) is 2. The minimum absolute atomic E-state index is 0.648. The highest BCUT2D eigenvalue weighted by atomic mass is 32.2. The van der Waals surface area contributed by atoms with Gasteiger partial charge in [0, 0.05) is 17.4 Å². The third-order valence-corrected chi connectivity index (χ3v) is 3.10. The van der Waals surface area contributed by atoms with Crippen molar-refractivity contribution in [1.29, 1.82) is 0 Å². The summed E-state index contributed by atoms with van der Waals surface area (Å²) in [5.74, 6) is 6.83. The number of hydrogen-bond acceptors (Lipinski definition) is 5. The van der Waals surface area contributed by atoms with Gasteiger partial charge in [-0.25, -0.2) is 15.8 Å². The number of rotatable bonds is 4. The van der Waals surface area contributed by atoms with Gasteiger partial charge in [0.05, 0.1) is 0 Å². The number of nitrogens with two attached hydrogens (primary N) is 1. The van der Waals surface area contributed by atoms with E-state index < -0.39 is 0 Å². The van der Waals surface area contributed by atoms with Crippen molar-refractivity contribution >= 4 is 17.6 Å². The summed E-state index contributed by atoms with van der Waals surface area (Å²) in [7, 11) is 0. The SMILES string of the molecule is CCc1nc(NN)cc(Sc2ccccc2)n1. The van der Waals surface area contributed by atoms with Crippen LogP contribution in [-0.4, -0.2) is 9.97 Å². The summed E-state index contributed by atoms with van der Waals surface area (Å²) >= 11 is 1.60. The molecule has 0 atom stereocenters. The van der Waals surface area contributed by atoms with Crippen molar-refractivity contribution < 1.29 is 0 Å². The molecule has 1 aromatic heterocycles. The van der Waals surface area contributed by atoms with E-state index in [1.807, 2.05) is 43.3 Å². The molecule has 17 heavy (non-hydrogen) atoms. The molecule has 1 heterocycles. The Labute approximate surface area is 105 Å². The zero-order valence-electron chi connectivity index (χ0n) is 9.55. The Kier molecular flexibility index (Phi) is 3.95. The molecule has 0 aliphatic rings. The Hall–Kier alpha value is -1.59. The molecule has 0 fully saturated rings. The molecule has 2 rings (SSSR count). The second-order valence-corrected chi connectivity index (χ2v) is 4.51. The van der Waals surface area contributed by atoms with Crippen LogP contribution in [0.2, 0.25) is 0 Å². The highest BCUT2D eigenvalue weighted by Gasteiger charge is 2.04. The largest absolute Gasteiger partial charge is 0.308 e. The van der Waals surface area contributed by atoms with Gasteiger partial charge in [0.15, 0.2) is 0 Å². The lowest BCUT2D eigenvalue weighted by Crippen LogP contribution is -2.10. The molecule has 2 aromatic rings. The van der Waals surface area contributed by atoms with Gasteiger partial charge in [-0.3, -0.25) is 0 Å². The van der Waals surface area contributed by atoms with Gasteiger partial charge in [-0.1, -0.05) is 36.9 Å². The molecular weight excluding hydrogens is 232 g/mol. The zero-order valence-corrected chi connectivity index (χ0v) is 10.4. The molecule has 0 aliphatic carbocycles. The second kappa shape index (κ2) is 5.65. The average molecular weight is 246 g/mol. The van der Waals surface area contributed by atoms with Crippen LogP contribution in [0.15, 0.2) is 46.3 Å². The topological polar surface area (TPSA) is 63.8 Å². The van der Waals surface area contributed by atoms with Crippen LogP contribution >= 0.6 is 11.8 Å². The maximum Gasteiger partial charge on any atom is 0.144 e. The third-order valence-electron chi connectivity index (χ3n) is 2.18. The van der Waals surface area contributed by atoms with E-state index in [1.165, 1.54) is 0 Å². The molecule has 3 N–H and O–H groups in total. The molecule has 0 saturated carbocycles. The summed E-state index contributed by atoms with van der Waals surface area (Å²) in [5.41, 5.74) is 2.56. The molecule has 1 aromatic carbocycles. The molecule has 0 saturated heterocycles. The molecule has 88 valence electrons. The standard InChI is InChI=1S/C12H14N4S/c1-2-10-14-11(16-13)8-12(15-10)17-9-6-4-3-5-7-9/h3-8H,2,13H2,1H3,(H,14,15,16). The molecule has 0 bridgehead atoms. The number of benzene rings is 1. The van der Waals surface area contributed by atoms with E-state index in [0.29, 0.717) is 5.82 Å². The Morgan fingerprint density at radius 1 is 1.24 bits per heavy atom. The van der Waals surface area contributed by atoms with E-state index in [1.54, 1.807) is 11.8 Å². The number of hydrazine groups is 1. The van der Waals surface area contributed by atoms with Gasteiger partial charge in [0.1, 0.15) is 16.7 Å². The van der Waals surface area contributed by atoms with Gasteiger partial charge in [0.2, 0.25) is 0 Å². The summed E-state index contributed by atoms with van der Waals surface area (Å²) in [6.07, 6.45) is 0.790. The third kappa shape index (κ3) is 3.18. The zero-order chi connectivity index (χ0) is 12.1. The smallest absolute Gasteiger partial charge is 0.144 e. The van der Waals surface area contributed by atoms with E-state index in [9.17, 15) is 0 Å². The first-order valence-electron chi connectivity index (χ1n) is 5.39. The number of anilines is 1. The lowest BCUT2D eigenvalue weighted by molar-refractivity contribution is 0.888. The number of nitrogen functional groups attached to an aromatic ring is 1. The Balaban J connectivity index is 2.26. The minimum Gasteiger partial charge on any atom is -0.308 e. The Morgan fingerprint density at radius 3 is 2.65 bits per heavy atom. The quantitative estimate of drug-likeness (QED) is 0.493.